The molecule has 0 bridgehead atoms. The van der Waals surface area contributed by atoms with E-state index < -0.39 is 18.1 Å². The first-order valence-electron chi connectivity index (χ1n) is 9.15. The molecule has 2 atom stereocenters. The summed E-state index contributed by atoms with van der Waals surface area (Å²) >= 11 is 0. The summed E-state index contributed by atoms with van der Waals surface area (Å²) in [6, 6.07) is 13.4. The van der Waals surface area contributed by atoms with E-state index >= 15 is 0 Å². The Morgan fingerprint density at radius 2 is 1.86 bits per heavy atom. The van der Waals surface area contributed by atoms with E-state index in [9.17, 15) is 9.59 Å². The highest BCUT2D eigenvalue weighted by Crippen LogP contribution is 2.35. The zero-order valence-corrected chi connectivity index (χ0v) is 15.8. The van der Waals surface area contributed by atoms with Crippen molar-refractivity contribution < 1.29 is 28.5 Å². The van der Waals surface area contributed by atoms with Gasteiger partial charge in [0.25, 0.3) is 0 Å². The van der Waals surface area contributed by atoms with Gasteiger partial charge in [-0.2, -0.15) is 0 Å². The number of hydrogen-bond acceptors (Lipinski definition) is 6. The summed E-state index contributed by atoms with van der Waals surface area (Å²) < 4.78 is 21.2. The van der Waals surface area contributed by atoms with Crippen LogP contribution in [0, 0.1) is 5.92 Å². The van der Waals surface area contributed by atoms with Crippen molar-refractivity contribution in [1.29, 1.82) is 0 Å². The van der Waals surface area contributed by atoms with Crippen molar-refractivity contribution in [1.82, 2.24) is 5.32 Å². The fourth-order valence-electron chi connectivity index (χ4n) is 2.68. The number of alkyl carbamates (subject to hydrolysis) is 1. The predicted molar refractivity (Wildman–Crippen MR) is 101 cm³/mol. The first-order valence-corrected chi connectivity index (χ1v) is 9.15. The average molecular weight is 385 g/mol. The molecule has 1 aliphatic heterocycles. The number of benzene rings is 2. The van der Waals surface area contributed by atoms with E-state index in [-0.39, 0.29) is 19.3 Å². The topological polar surface area (TPSA) is 83.1 Å². The van der Waals surface area contributed by atoms with Crippen LogP contribution < -0.4 is 19.5 Å². The molecular weight excluding hydrogens is 362 g/mol. The van der Waals surface area contributed by atoms with Gasteiger partial charge in [-0.15, -0.1) is 0 Å². The van der Waals surface area contributed by atoms with Crippen molar-refractivity contribution in [3.63, 3.8) is 0 Å². The number of amides is 1. The maximum atomic E-state index is 12.7. The minimum atomic E-state index is -0.835. The van der Waals surface area contributed by atoms with Crippen molar-refractivity contribution in [2.45, 2.75) is 32.9 Å². The molecule has 0 fully saturated rings. The van der Waals surface area contributed by atoms with Crippen LogP contribution in [-0.2, 0) is 16.1 Å². The van der Waals surface area contributed by atoms with E-state index in [1.165, 1.54) is 0 Å². The van der Waals surface area contributed by atoms with E-state index in [4.69, 9.17) is 18.9 Å². The zero-order chi connectivity index (χ0) is 19.9. The molecular formula is C21H23NO6. The molecule has 0 aromatic heterocycles. The fourth-order valence-corrected chi connectivity index (χ4v) is 2.68. The van der Waals surface area contributed by atoms with Gasteiger partial charge in [-0.3, -0.25) is 0 Å². The SMILES string of the molecule is CC[C@H](C)[C@H](NC(=O)OCc1ccccc1)C(=O)Oc1ccc2c(c1)OCO2. The zero-order valence-electron chi connectivity index (χ0n) is 15.8. The number of rotatable bonds is 7. The van der Waals surface area contributed by atoms with Gasteiger partial charge in [-0.25, -0.2) is 9.59 Å². The highest BCUT2D eigenvalue weighted by atomic mass is 16.7. The second-order valence-electron chi connectivity index (χ2n) is 6.51. The number of ether oxygens (including phenoxy) is 4. The van der Waals surface area contributed by atoms with Crippen LogP contribution in [0.1, 0.15) is 25.8 Å². The normalized spacial score (nSPS) is 14.1. The van der Waals surface area contributed by atoms with Crippen molar-refractivity contribution in [3.05, 3.63) is 54.1 Å². The first kappa shape index (κ1) is 19.5. The minimum Gasteiger partial charge on any atom is -0.454 e. The molecule has 0 saturated carbocycles. The Balaban J connectivity index is 1.60. The molecule has 0 aliphatic carbocycles. The summed E-state index contributed by atoms with van der Waals surface area (Å²) in [6.07, 6.45) is 0.0108. The standard InChI is InChI=1S/C21H23NO6/c1-3-14(2)19(22-21(24)25-12-15-7-5-4-6-8-15)20(23)28-16-9-10-17-18(11-16)27-13-26-17/h4-11,14,19H,3,12-13H2,1-2H3,(H,22,24)/t14-,19-/m0/s1. The van der Waals surface area contributed by atoms with Crippen LogP contribution in [0.15, 0.2) is 48.5 Å². The summed E-state index contributed by atoms with van der Waals surface area (Å²) in [6.45, 7) is 4.06. The van der Waals surface area contributed by atoms with Crippen LogP contribution >= 0.6 is 0 Å². The van der Waals surface area contributed by atoms with Gasteiger partial charge in [0.15, 0.2) is 11.5 Å². The van der Waals surface area contributed by atoms with Gasteiger partial charge >= 0.3 is 12.1 Å². The molecule has 3 rings (SSSR count). The second kappa shape index (κ2) is 9.12. The molecule has 1 aliphatic rings. The van der Waals surface area contributed by atoms with Gasteiger partial charge in [-0.1, -0.05) is 50.6 Å². The van der Waals surface area contributed by atoms with Crippen molar-refractivity contribution in [2.24, 2.45) is 5.92 Å². The van der Waals surface area contributed by atoms with Gasteiger partial charge in [0.1, 0.15) is 18.4 Å². The Bertz CT molecular complexity index is 823. The monoisotopic (exact) mass is 385 g/mol. The molecule has 28 heavy (non-hydrogen) atoms. The number of nitrogens with one attached hydrogen (secondary N) is 1. The van der Waals surface area contributed by atoms with Crippen molar-refractivity contribution in [2.75, 3.05) is 6.79 Å². The van der Waals surface area contributed by atoms with Crippen LogP contribution in [0.5, 0.6) is 17.2 Å². The molecule has 0 radical (unpaired) electrons. The van der Waals surface area contributed by atoms with Gasteiger partial charge < -0.3 is 24.3 Å². The largest absolute Gasteiger partial charge is 0.454 e. The summed E-state index contributed by atoms with van der Waals surface area (Å²) in [5.74, 6) is 0.735. The Morgan fingerprint density at radius 3 is 2.61 bits per heavy atom. The van der Waals surface area contributed by atoms with Gasteiger partial charge in [0.2, 0.25) is 6.79 Å². The molecule has 2 aromatic rings. The number of fused-ring (bicyclic) bond motifs is 1. The number of esters is 1. The maximum absolute atomic E-state index is 12.7. The number of carbonyl (C=O) groups is 2. The van der Waals surface area contributed by atoms with Gasteiger partial charge in [-0.05, 0) is 23.6 Å². The Morgan fingerprint density at radius 1 is 1.11 bits per heavy atom. The molecule has 0 unspecified atom stereocenters. The molecule has 1 amide bonds. The molecule has 0 saturated heterocycles. The maximum Gasteiger partial charge on any atom is 0.408 e. The quantitative estimate of drug-likeness (QED) is 0.578. The average Bonchev–Trinajstić information content (AvgIpc) is 3.18. The van der Waals surface area contributed by atoms with Crippen LogP contribution in [0.4, 0.5) is 4.79 Å². The molecule has 2 aromatic carbocycles. The van der Waals surface area contributed by atoms with E-state index in [1.54, 1.807) is 18.2 Å². The molecule has 1 heterocycles. The van der Waals surface area contributed by atoms with Crippen molar-refractivity contribution in [3.8, 4) is 17.2 Å². The molecule has 0 spiro atoms. The summed E-state index contributed by atoms with van der Waals surface area (Å²) in [4.78, 5) is 24.8. The predicted octanol–water partition coefficient (Wildman–Crippen LogP) is 3.66. The van der Waals surface area contributed by atoms with E-state index in [2.05, 4.69) is 5.32 Å². The van der Waals surface area contributed by atoms with Crippen LogP contribution in [0.25, 0.3) is 0 Å². The molecule has 1 N–H and O–H groups in total. The molecule has 7 heteroatoms. The highest BCUT2D eigenvalue weighted by Gasteiger charge is 2.29. The lowest BCUT2D eigenvalue weighted by atomic mass is 9.99. The third kappa shape index (κ3) is 4.94. The number of hydrogen-bond donors (Lipinski definition) is 1. The third-order valence-corrected chi connectivity index (χ3v) is 4.52. The van der Waals surface area contributed by atoms with Gasteiger partial charge in [0, 0.05) is 6.07 Å². The van der Waals surface area contributed by atoms with Crippen LogP contribution in [-0.4, -0.2) is 24.9 Å². The minimum absolute atomic E-state index is 0.122. The van der Waals surface area contributed by atoms with Gasteiger partial charge in [0.05, 0.1) is 0 Å². The molecule has 7 nitrogen and oxygen atoms in total. The Hall–Kier alpha value is -3.22. The third-order valence-electron chi connectivity index (χ3n) is 4.52. The van der Waals surface area contributed by atoms with Crippen LogP contribution in [0.2, 0.25) is 0 Å². The summed E-state index contributed by atoms with van der Waals surface area (Å²) in [5.41, 5.74) is 0.862. The van der Waals surface area contributed by atoms with E-state index in [0.717, 1.165) is 5.56 Å². The van der Waals surface area contributed by atoms with E-state index in [0.29, 0.717) is 23.7 Å². The lowest BCUT2D eigenvalue weighted by molar-refractivity contribution is -0.138. The van der Waals surface area contributed by atoms with Crippen LogP contribution in [0.3, 0.4) is 0 Å². The summed E-state index contributed by atoms with van der Waals surface area (Å²) in [5, 5.41) is 2.62. The second-order valence-corrected chi connectivity index (χ2v) is 6.51. The Labute approximate surface area is 163 Å². The fraction of sp³-hybridized carbons (Fsp3) is 0.333. The van der Waals surface area contributed by atoms with Crippen molar-refractivity contribution >= 4 is 12.1 Å². The first-order chi connectivity index (χ1) is 13.6. The Kier molecular flexibility index (Phi) is 6.37. The van der Waals surface area contributed by atoms with E-state index in [1.807, 2.05) is 44.2 Å². The highest BCUT2D eigenvalue weighted by molar-refractivity contribution is 5.83. The molecule has 148 valence electrons. The summed E-state index contributed by atoms with van der Waals surface area (Å²) in [7, 11) is 0. The number of carbonyl (C=O) groups excluding carboxylic acids is 2. The smallest absolute Gasteiger partial charge is 0.408 e. The lowest BCUT2D eigenvalue weighted by Gasteiger charge is -2.22. The lowest BCUT2D eigenvalue weighted by Crippen LogP contribution is -2.47.